The highest BCUT2D eigenvalue weighted by molar-refractivity contribution is 5.50. The molecule has 1 N–H and O–H groups in total. The predicted octanol–water partition coefficient (Wildman–Crippen LogP) is 2.37. The van der Waals surface area contributed by atoms with Gasteiger partial charge >= 0.3 is 0 Å². The van der Waals surface area contributed by atoms with Gasteiger partial charge in [0, 0.05) is 30.3 Å². The SMILES string of the molecule is COc1cc(OC)c(OC)cc1CNC1(C)CCCOC1. The summed E-state index contributed by atoms with van der Waals surface area (Å²) < 4.78 is 21.7. The maximum Gasteiger partial charge on any atom is 0.164 e. The van der Waals surface area contributed by atoms with Crippen molar-refractivity contribution in [3.8, 4) is 17.2 Å². The molecule has 1 aromatic carbocycles. The van der Waals surface area contributed by atoms with Crippen LogP contribution in [-0.2, 0) is 11.3 Å². The lowest BCUT2D eigenvalue weighted by molar-refractivity contribution is 0.0277. The number of hydrogen-bond acceptors (Lipinski definition) is 5. The van der Waals surface area contributed by atoms with Crippen molar-refractivity contribution in [3.63, 3.8) is 0 Å². The summed E-state index contributed by atoms with van der Waals surface area (Å²) in [5, 5.41) is 3.58. The first kappa shape index (κ1) is 15.9. The van der Waals surface area contributed by atoms with Crippen LogP contribution in [-0.4, -0.2) is 40.1 Å². The Morgan fingerprint density at radius 2 is 1.76 bits per heavy atom. The Kier molecular flexibility index (Phi) is 5.31. The van der Waals surface area contributed by atoms with E-state index < -0.39 is 0 Å². The minimum absolute atomic E-state index is 0.0103. The van der Waals surface area contributed by atoms with Crippen LogP contribution in [0.4, 0.5) is 0 Å². The summed E-state index contributed by atoms with van der Waals surface area (Å²) in [6.07, 6.45) is 2.20. The van der Waals surface area contributed by atoms with E-state index in [4.69, 9.17) is 18.9 Å². The molecule has 5 nitrogen and oxygen atoms in total. The predicted molar refractivity (Wildman–Crippen MR) is 81.4 cm³/mol. The van der Waals surface area contributed by atoms with Crippen molar-refractivity contribution in [1.82, 2.24) is 5.32 Å². The molecule has 2 rings (SSSR count). The van der Waals surface area contributed by atoms with Gasteiger partial charge in [0.05, 0.1) is 27.9 Å². The van der Waals surface area contributed by atoms with Crippen molar-refractivity contribution in [3.05, 3.63) is 17.7 Å². The number of methoxy groups -OCH3 is 3. The average Bonchev–Trinajstić information content (AvgIpc) is 2.52. The second kappa shape index (κ2) is 7.00. The molecule has 1 aromatic rings. The third-order valence-corrected chi connectivity index (χ3v) is 3.93. The standard InChI is InChI=1S/C16H25NO4/c1-16(6-5-7-21-11-16)17-10-12-8-14(19-3)15(20-4)9-13(12)18-2/h8-9,17H,5-7,10-11H2,1-4H3. The number of hydrogen-bond donors (Lipinski definition) is 1. The molecule has 1 fully saturated rings. The summed E-state index contributed by atoms with van der Waals surface area (Å²) >= 11 is 0. The Morgan fingerprint density at radius 3 is 2.33 bits per heavy atom. The Balaban J connectivity index is 2.14. The van der Waals surface area contributed by atoms with Crippen LogP contribution in [0.3, 0.4) is 0 Å². The topological polar surface area (TPSA) is 49.0 Å². The molecule has 0 radical (unpaired) electrons. The molecule has 1 aliphatic rings. The van der Waals surface area contributed by atoms with E-state index in [0.29, 0.717) is 18.0 Å². The zero-order valence-electron chi connectivity index (χ0n) is 13.3. The van der Waals surface area contributed by atoms with E-state index in [1.807, 2.05) is 12.1 Å². The quantitative estimate of drug-likeness (QED) is 0.873. The van der Waals surface area contributed by atoms with Gasteiger partial charge in [0.25, 0.3) is 0 Å². The lowest BCUT2D eigenvalue weighted by Gasteiger charge is -2.34. The normalized spacial score (nSPS) is 21.9. The minimum atomic E-state index is 0.0103. The Morgan fingerprint density at radius 1 is 1.10 bits per heavy atom. The van der Waals surface area contributed by atoms with Crippen LogP contribution >= 0.6 is 0 Å². The zero-order valence-corrected chi connectivity index (χ0v) is 13.3. The van der Waals surface area contributed by atoms with E-state index in [1.54, 1.807) is 21.3 Å². The smallest absolute Gasteiger partial charge is 0.164 e. The van der Waals surface area contributed by atoms with Gasteiger partial charge in [-0.1, -0.05) is 0 Å². The molecular weight excluding hydrogens is 270 g/mol. The fourth-order valence-electron chi connectivity index (χ4n) is 2.61. The van der Waals surface area contributed by atoms with Crippen LogP contribution in [0, 0.1) is 0 Å². The van der Waals surface area contributed by atoms with E-state index in [2.05, 4.69) is 12.2 Å². The summed E-state index contributed by atoms with van der Waals surface area (Å²) in [7, 11) is 4.92. The van der Waals surface area contributed by atoms with Crippen molar-refractivity contribution in [2.24, 2.45) is 0 Å². The van der Waals surface area contributed by atoms with Gasteiger partial charge in [-0.3, -0.25) is 0 Å². The summed E-state index contributed by atoms with van der Waals surface area (Å²) in [5.74, 6) is 2.17. The molecule has 5 heteroatoms. The molecule has 0 aliphatic carbocycles. The number of benzene rings is 1. The molecule has 0 bridgehead atoms. The molecule has 0 aromatic heterocycles. The van der Waals surface area contributed by atoms with Crippen molar-refractivity contribution in [2.75, 3.05) is 34.5 Å². The average molecular weight is 295 g/mol. The van der Waals surface area contributed by atoms with Gasteiger partial charge in [0.2, 0.25) is 0 Å². The van der Waals surface area contributed by atoms with Gasteiger partial charge < -0.3 is 24.3 Å². The van der Waals surface area contributed by atoms with E-state index in [9.17, 15) is 0 Å². The van der Waals surface area contributed by atoms with Gasteiger partial charge in [0.15, 0.2) is 11.5 Å². The molecule has 0 spiro atoms. The number of rotatable bonds is 6. The summed E-state index contributed by atoms with van der Waals surface area (Å²) in [5.41, 5.74) is 1.05. The highest BCUT2D eigenvalue weighted by Crippen LogP contribution is 2.35. The Labute approximate surface area is 126 Å². The second-order valence-corrected chi connectivity index (χ2v) is 5.59. The van der Waals surface area contributed by atoms with Crippen molar-refractivity contribution < 1.29 is 18.9 Å². The molecule has 0 amide bonds. The monoisotopic (exact) mass is 295 g/mol. The summed E-state index contributed by atoms with van der Waals surface area (Å²) in [6.45, 7) is 4.49. The molecule has 118 valence electrons. The number of ether oxygens (including phenoxy) is 4. The van der Waals surface area contributed by atoms with Crippen LogP contribution in [0.5, 0.6) is 17.2 Å². The summed E-state index contributed by atoms with van der Waals surface area (Å²) in [4.78, 5) is 0. The fourth-order valence-corrected chi connectivity index (χ4v) is 2.61. The first-order valence-electron chi connectivity index (χ1n) is 7.23. The Bertz CT molecular complexity index is 470. The maximum atomic E-state index is 5.57. The second-order valence-electron chi connectivity index (χ2n) is 5.59. The minimum Gasteiger partial charge on any atom is -0.496 e. The zero-order chi connectivity index (χ0) is 15.3. The first-order valence-corrected chi connectivity index (χ1v) is 7.23. The molecule has 1 atom stereocenters. The van der Waals surface area contributed by atoms with Crippen LogP contribution in [0.25, 0.3) is 0 Å². The van der Waals surface area contributed by atoms with Crippen LogP contribution in [0.1, 0.15) is 25.3 Å². The molecule has 1 saturated heterocycles. The fraction of sp³-hybridized carbons (Fsp3) is 0.625. The van der Waals surface area contributed by atoms with E-state index in [-0.39, 0.29) is 5.54 Å². The number of nitrogens with one attached hydrogen (secondary N) is 1. The van der Waals surface area contributed by atoms with Crippen molar-refractivity contribution >= 4 is 0 Å². The van der Waals surface area contributed by atoms with Gasteiger partial charge in [0.1, 0.15) is 5.75 Å². The molecule has 21 heavy (non-hydrogen) atoms. The van der Waals surface area contributed by atoms with E-state index in [1.165, 1.54) is 0 Å². The third-order valence-electron chi connectivity index (χ3n) is 3.93. The molecular formula is C16H25NO4. The van der Waals surface area contributed by atoms with Crippen LogP contribution in [0.15, 0.2) is 12.1 Å². The molecule has 1 aliphatic heterocycles. The van der Waals surface area contributed by atoms with E-state index >= 15 is 0 Å². The van der Waals surface area contributed by atoms with Gasteiger partial charge in [-0.15, -0.1) is 0 Å². The van der Waals surface area contributed by atoms with Crippen LogP contribution < -0.4 is 19.5 Å². The third kappa shape index (κ3) is 3.80. The highest BCUT2D eigenvalue weighted by atomic mass is 16.5. The van der Waals surface area contributed by atoms with Gasteiger partial charge in [-0.2, -0.15) is 0 Å². The van der Waals surface area contributed by atoms with Crippen LogP contribution in [0.2, 0.25) is 0 Å². The van der Waals surface area contributed by atoms with Crippen molar-refractivity contribution in [2.45, 2.75) is 31.8 Å². The van der Waals surface area contributed by atoms with E-state index in [0.717, 1.165) is 37.4 Å². The van der Waals surface area contributed by atoms with Gasteiger partial charge in [-0.25, -0.2) is 0 Å². The maximum absolute atomic E-state index is 5.57. The largest absolute Gasteiger partial charge is 0.496 e. The lowest BCUT2D eigenvalue weighted by atomic mass is 9.94. The highest BCUT2D eigenvalue weighted by Gasteiger charge is 2.27. The molecule has 0 saturated carbocycles. The van der Waals surface area contributed by atoms with Gasteiger partial charge in [-0.05, 0) is 25.8 Å². The summed E-state index contributed by atoms with van der Waals surface area (Å²) in [6, 6.07) is 3.81. The molecule has 1 unspecified atom stereocenters. The van der Waals surface area contributed by atoms with Crippen molar-refractivity contribution in [1.29, 1.82) is 0 Å². The first-order chi connectivity index (χ1) is 10.1. The molecule has 1 heterocycles. The Hall–Kier alpha value is -1.46. The lowest BCUT2D eigenvalue weighted by Crippen LogP contribution is -2.48.